The third-order valence-electron chi connectivity index (χ3n) is 7.45. The number of nitrogens with one attached hydrogen (secondary N) is 1. The molecule has 0 spiro atoms. The SMILES string of the molecule is COCCOCCOCCOCCOCC(=O)N1CCN(C(=O)OCc2ccccc2)CCNCCN(C(=O)OCc2ccccc2)CC1. The van der Waals surface area contributed by atoms with Crippen molar-refractivity contribution < 1.29 is 47.5 Å². The first-order chi connectivity index (χ1) is 24.1. The summed E-state index contributed by atoms with van der Waals surface area (Å²) in [7, 11) is 1.62. The van der Waals surface area contributed by atoms with E-state index in [1.54, 1.807) is 21.8 Å². The minimum absolute atomic E-state index is 0.150. The van der Waals surface area contributed by atoms with Crippen LogP contribution in [0.5, 0.6) is 0 Å². The van der Waals surface area contributed by atoms with E-state index in [4.69, 9.17) is 33.2 Å². The molecule has 0 saturated carbocycles. The first-order valence-corrected chi connectivity index (χ1v) is 16.8. The van der Waals surface area contributed by atoms with Crippen LogP contribution >= 0.6 is 0 Å². The van der Waals surface area contributed by atoms with Crippen LogP contribution in [0.2, 0.25) is 0 Å². The molecule has 3 amide bonds. The van der Waals surface area contributed by atoms with E-state index in [1.807, 2.05) is 60.7 Å². The van der Waals surface area contributed by atoms with E-state index >= 15 is 0 Å². The number of amides is 3. The molecule has 14 nitrogen and oxygen atoms in total. The molecule has 0 aromatic heterocycles. The second-order valence-corrected chi connectivity index (χ2v) is 11.1. The highest BCUT2D eigenvalue weighted by molar-refractivity contribution is 5.77. The van der Waals surface area contributed by atoms with Crippen LogP contribution in [0.4, 0.5) is 9.59 Å². The molecule has 272 valence electrons. The lowest BCUT2D eigenvalue weighted by Crippen LogP contribution is -2.49. The molecule has 1 N–H and O–H groups in total. The van der Waals surface area contributed by atoms with Crippen molar-refractivity contribution in [3.63, 3.8) is 0 Å². The van der Waals surface area contributed by atoms with E-state index in [0.29, 0.717) is 72.4 Å². The summed E-state index contributed by atoms with van der Waals surface area (Å²) in [5, 5.41) is 3.29. The Hall–Kier alpha value is -3.79. The number of hydrogen-bond donors (Lipinski definition) is 1. The van der Waals surface area contributed by atoms with Crippen LogP contribution in [0, 0.1) is 0 Å². The molecule has 1 saturated heterocycles. The fourth-order valence-corrected chi connectivity index (χ4v) is 4.66. The van der Waals surface area contributed by atoms with Gasteiger partial charge in [-0.3, -0.25) is 4.79 Å². The second-order valence-electron chi connectivity index (χ2n) is 11.1. The van der Waals surface area contributed by atoms with Crippen LogP contribution in [0.1, 0.15) is 11.1 Å². The van der Waals surface area contributed by atoms with Crippen molar-refractivity contribution in [2.75, 3.05) is 119 Å². The van der Waals surface area contributed by atoms with Gasteiger partial charge in [0.2, 0.25) is 5.91 Å². The topological polar surface area (TPSA) is 138 Å². The van der Waals surface area contributed by atoms with E-state index in [-0.39, 0.29) is 58.5 Å². The van der Waals surface area contributed by atoms with Crippen molar-refractivity contribution in [2.24, 2.45) is 0 Å². The van der Waals surface area contributed by atoms with Crippen molar-refractivity contribution in [2.45, 2.75) is 13.2 Å². The highest BCUT2D eigenvalue weighted by atomic mass is 16.6. The molecule has 0 bridgehead atoms. The third kappa shape index (κ3) is 17.4. The van der Waals surface area contributed by atoms with Gasteiger partial charge in [-0.1, -0.05) is 60.7 Å². The van der Waals surface area contributed by atoms with Gasteiger partial charge in [0.1, 0.15) is 19.8 Å². The molecular weight excluding hydrogens is 636 g/mol. The number of methoxy groups -OCH3 is 1. The lowest BCUT2D eigenvalue weighted by molar-refractivity contribution is -0.137. The lowest BCUT2D eigenvalue weighted by Gasteiger charge is -2.31. The van der Waals surface area contributed by atoms with E-state index in [1.165, 1.54) is 0 Å². The molecule has 1 aliphatic heterocycles. The predicted octanol–water partition coefficient (Wildman–Crippen LogP) is 2.41. The average Bonchev–Trinajstić information content (AvgIpc) is 3.12. The Bertz CT molecular complexity index is 1110. The van der Waals surface area contributed by atoms with Gasteiger partial charge in [0.15, 0.2) is 0 Å². The molecule has 0 atom stereocenters. The first-order valence-electron chi connectivity index (χ1n) is 16.8. The van der Waals surface area contributed by atoms with E-state index < -0.39 is 12.2 Å². The zero-order valence-electron chi connectivity index (χ0n) is 28.6. The summed E-state index contributed by atoms with van der Waals surface area (Å²) in [6.07, 6.45) is -0.922. The Balaban J connectivity index is 1.49. The number of benzene rings is 2. The number of rotatable bonds is 18. The van der Waals surface area contributed by atoms with Crippen molar-refractivity contribution in [1.29, 1.82) is 0 Å². The number of hydrogen-bond acceptors (Lipinski definition) is 11. The fraction of sp³-hybridized carbons (Fsp3) is 0.571. The smallest absolute Gasteiger partial charge is 0.410 e. The highest BCUT2D eigenvalue weighted by Gasteiger charge is 2.23. The molecule has 2 aromatic rings. The summed E-state index contributed by atoms with van der Waals surface area (Å²) in [4.78, 5) is 44.2. The Morgan fingerprint density at radius 1 is 0.551 bits per heavy atom. The maximum absolute atomic E-state index is 13.3. The first kappa shape index (κ1) is 39.6. The standard InChI is InChI=1S/C35H52N4O10/c1-43-20-21-44-22-23-45-24-25-46-26-27-47-30-33(40)37-16-18-38(34(41)48-28-31-8-4-2-5-9-31)14-12-36-13-15-39(19-17-37)35(42)49-29-32-10-6-3-7-11-32/h2-11,36H,12-30H2,1H3. The van der Waals surface area contributed by atoms with Gasteiger partial charge in [-0.2, -0.15) is 0 Å². The zero-order chi connectivity index (χ0) is 34.8. The second kappa shape index (κ2) is 25.2. The lowest BCUT2D eigenvalue weighted by atomic mass is 10.2. The quantitative estimate of drug-likeness (QED) is 0.231. The molecule has 1 aliphatic rings. The number of ether oxygens (including phenoxy) is 7. The molecule has 2 aromatic carbocycles. The predicted molar refractivity (Wildman–Crippen MR) is 181 cm³/mol. The largest absolute Gasteiger partial charge is 0.445 e. The normalized spacial score (nSPS) is 14.5. The average molecular weight is 689 g/mol. The maximum atomic E-state index is 13.3. The van der Waals surface area contributed by atoms with Gasteiger partial charge in [-0.15, -0.1) is 0 Å². The Labute approximate surface area is 289 Å². The van der Waals surface area contributed by atoms with Crippen molar-refractivity contribution in [1.82, 2.24) is 20.0 Å². The highest BCUT2D eigenvalue weighted by Crippen LogP contribution is 2.07. The minimum Gasteiger partial charge on any atom is -0.445 e. The van der Waals surface area contributed by atoms with Crippen LogP contribution in [-0.2, 0) is 51.2 Å². The number of carbonyl (C=O) groups is 3. The summed E-state index contributed by atoms with van der Waals surface area (Å²) in [5.74, 6) is -0.262. The van der Waals surface area contributed by atoms with Crippen LogP contribution in [-0.4, -0.2) is 152 Å². The van der Waals surface area contributed by atoms with Gasteiger partial charge in [0.25, 0.3) is 0 Å². The van der Waals surface area contributed by atoms with Gasteiger partial charge in [-0.25, -0.2) is 9.59 Å². The van der Waals surface area contributed by atoms with E-state index in [0.717, 1.165) is 11.1 Å². The van der Waals surface area contributed by atoms with E-state index in [9.17, 15) is 14.4 Å². The monoisotopic (exact) mass is 688 g/mol. The molecule has 14 heteroatoms. The van der Waals surface area contributed by atoms with Crippen LogP contribution < -0.4 is 5.32 Å². The fourth-order valence-electron chi connectivity index (χ4n) is 4.66. The van der Waals surface area contributed by atoms with Crippen molar-refractivity contribution >= 4 is 18.1 Å². The van der Waals surface area contributed by atoms with Gasteiger partial charge >= 0.3 is 12.2 Å². The minimum atomic E-state index is -0.461. The third-order valence-corrected chi connectivity index (χ3v) is 7.45. The molecular formula is C35H52N4O10. The van der Waals surface area contributed by atoms with Gasteiger partial charge < -0.3 is 53.2 Å². The Morgan fingerprint density at radius 3 is 1.41 bits per heavy atom. The number of carbonyl (C=O) groups excluding carboxylic acids is 3. The number of nitrogens with zero attached hydrogens (tertiary/aromatic N) is 3. The Morgan fingerprint density at radius 2 is 0.959 bits per heavy atom. The molecule has 0 aliphatic carbocycles. The maximum Gasteiger partial charge on any atom is 0.410 e. The molecule has 49 heavy (non-hydrogen) atoms. The molecule has 1 heterocycles. The summed E-state index contributed by atoms with van der Waals surface area (Å²) in [6, 6.07) is 18.9. The summed E-state index contributed by atoms with van der Waals surface area (Å²) < 4.78 is 38.0. The Kier molecular flexibility index (Phi) is 20.4. The van der Waals surface area contributed by atoms with Crippen LogP contribution in [0.25, 0.3) is 0 Å². The molecule has 0 radical (unpaired) electrons. The van der Waals surface area contributed by atoms with Gasteiger partial charge in [0, 0.05) is 59.5 Å². The van der Waals surface area contributed by atoms with Gasteiger partial charge in [-0.05, 0) is 11.1 Å². The molecule has 1 fully saturated rings. The van der Waals surface area contributed by atoms with Crippen molar-refractivity contribution in [3.8, 4) is 0 Å². The molecule has 0 unspecified atom stereocenters. The summed E-state index contributed by atoms with van der Waals surface area (Å²) in [6.45, 7) is 6.17. The molecule has 3 rings (SSSR count). The van der Waals surface area contributed by atoms with E-state index in [2.05, 4.69) is 5.32 Å². The summed E-state index contributed by atoms with van der Waals surface area (Å²) in [5.41, 5.74) is 1.77. The van der Waals surface area contributed by atoms with Gasteiger partial charge in [0.05, 0.1) is 52.9 Å². The zero-order valence-corrected chi connectivity index (χ0v) is 28.6. The summed E-state index contributed by atoms with van der Waals surface area (Å²) >= 11 is 0. The van der Waals surface area contributed by atoms with Crippen LogP contribution in [0.15, 0.2) is 60.7 Å². The van der Waals surface area contributed by atoms with Crippen LogP contribution in [0.3, 0.4) is 0 Å². The van der Waals surface area contributed by atoms with Crippen molar-refractivity contribution in [3.05, 3.63) is 71.8 Å².